The number of hydrogen-bond acceptors (Lipinski definition) is 5. The van der Waals surface area contributed by atoms with Crippen LogP contribution < -0.4 is 11.1 Å². The summed E-state index contributed by atoms with van der Waals surface area (Å²) in [5.74, 6) is 0.447. The molecule has 5 nitrogen and oxygen atoms in total. The number of carbonyl (C=O) groups excluding carboxylic acids is 1. The maximum Gasteiger partial charge on any atom is 0.257 e. The molecule has 3 N–H and O–H groups in total. The third-order valence-corrected chi connectivity index (χ3v) is 3.00. The van der Waals surface area contributed by atoms with Crippen molar-refractivity contribution in [3.8, 4) is 0 Å². The Bertz CT molecular complexity index is 564. The Kier molecular flexibility index (Phi) is 3.06. The molecular formula is C11H12N4OS. The molecule has 2 rings (SSSR count). The van der Waals surface area contributed by atoms with Gasteiger partial charge in [-0.1, -0.05) is 0 Å². The highest BCUT2D eigenvalue weighted by Gasteiger charge is 2.09. The van der Waals surface area contributed by atoms with Crippen molar-refractivity contribution in [1.29, 1.82) is 0 Å². The van der Waals surface area contributed by atoms with Gasteiger partial charge >= 0.3 is 0 Å². The molecule has 6 heteroatoms. The predicted octanol–water partition coefficient (Wildman–Crippen LogP) is 1.99. The fourth-order valence-electron chi connectivity index (χ4n) is 1.33. The molecule has 0 radical (unpaired) electrons. The highest BCUT2D eigenvalue weighted by atomic mass is 32.1. The van der Waals surface area contributed by atoms with Gasteiger partial charge in [0.2, 0.25) is 5.13 Å². The summed E-state index contributed by atoms with van der Waals surface area (Å²) in [5.41, 5.74) is 7.81. The molecule has 1 heterocycles. The van der Waals surface area contributed by atoms with Crippen LogP contribution in [-0.2, 0) is 0 Å². The van der Waals surface area contributed by atoms with E-state index in [4.69, 9.17) is 5.73 Å². The Morgan fingerprint density at radius 2 is 2.18 bits per heavy atom. The lowest BCUT2D eigenvalue weighted by Crippen LogP contribution is -2.12. The molecule has 0 spiro atoms. The van der Waals surface area contributed by atoms with Gasteiger partial charge in [-0.2, -0.15) is 4.37 Å². The largest absolute Gasteiger partial charge is 0.399 e. The number of aryl methyl sites for hydroxylation is 2. The molecule has 0 aliphatic heterocycles. The van der Waals surface area contributed by atoms with Gasteiger partial charge < -0.3 is 5.73 Å². The summed E-state index contributed by atoms with van der Waals surface area (Å²) in [7, 11) is 0. The first-order valence-electron chi connectivity index (χ1n) is 5.04. The molecule has 0 bridgehead atoms. The van der Waals surface area contributed by atoms with Crippen LogP contribution in [0.1, 0.15) is 21.7 Å². The van der Waals surface area contributed by atoms with Crippen molar-refractivity contribution in [3.63, 3.8) is 0 Å². The van der Waals surface area contributed by atoms with Crippen LogP contribution in [0.25, 0.3) is 0 Å². The van der Waals surface area contributed by atoms with E-state index in [1.807, 2.05) is 6.92 Å². The van der Waals surface area contributed by atoms with Crippen molar-refractivity contribution in [1.82, 2.24) is 9.36 Å². The van der Waals surface area contributed by atoms with Gasteiger partial charge in [-0.25, -0.2) is 4.98 Å². The summed E-state index contributed by atoms with van der Waals surface area (Å²) in [5, 5.41) is 3.19. The first kappa shape index (κ1) is 11.5. The van der Waals surface area contributed by atoms with Gasteiger partial charge in [0.15, 0.2) is 0 Å². The SMILES string of the molecule is Cc1nsc(NC(=O)c2ccc(N)c(C)c2)n1. The van der Waals surface area contributed by atoms with Crippen molar-refractivity contribution in [2.45, 2.75) is 13.8 Å². The number of nitrogens with two attached hydrogens (primary N) is 1. The van der Waals surface area contributed by atoms with E-state index in [-0.39, 0.29) is 5.91 Å². The number of amides is 1. The molecule has 1 aromatic heterocycles. The Morgan fingerprint density at radius 1 is 1.41 bits per heavy atom. The maximum absolute atomic E-state index is 11.9. The van der Waals surface area contributed by atoms with Crippen LogP contribution in [0, 0.1) is 13.8 Å². The molecule has 0 aliphatic rings. The molecule has 0 unspecified atom stereocenters. The average molecular weight is 248 g/mol. The van der Waals surface area contributed by atoms with E-state index < -0.39 is 0 Å². The van der Waals surface area contributed by atoms with Crippen LogP contribution in [-0.4, -0.2) is 15.3 Å². The van der Waals surface area contributed by atoms with Gasteiger partial charge in [0.1, 0.15) is 5.82 Å². The van der Waals surface area contributed by atoms with E-state index in [9.17, 15) is 4.79 Å². The number of benzene rings is 1. The molecule has 0 saturated carbocycles. The fourth-order valence-corrected chi connectivity index (χ4v) is 1.90. The van der Waals surface area contributed by atoms with Crippen molar-refractivity contribution in [2.24, 2.45) is 0 Å². The van der Waals surface area contributed by atoms with Gasteiger partial charge in [-0.3, -0.25) is 10.1 Å². The topological polar surface area (TPSA) is 80.9 Å². The van der Waals surface area contributed by atoms with Crippen molar-refractivity contribution < 1.29 is 4.79 Å². The fraction of sp³-hybridized carbons (Fsp3) is 0.182. The summed E-state index contributed by atoms with van der Waals surface area (Å²) in [6, 6.07) is 5.15. The molecule has 0 fully saturated rings. The third-order valence-electron chi connectivity index (χ3n) is 2.28. The quantitative estimate of drug-likeness (QED) is 0.796. The van der Waals surface area contributed by atoms with E-state index in [1.165, 1.54) is 0 Å². The number of carbonyl (C=O) groups is 1. The van der Waals surface area contributed by atoms with Crippen molar-refractivity contribution in [2.75, 3.05) is 11.1 Å². The molecule has 0 aliphatic carbocycles. The lowest BCUT2D eigenvalue weighted by Gasteiger charge is -2.04. The Hall–Kier alpha value is -1.95. The highest BCUT2D eigenvalue weighted by molar-refractivity contribution is 7.09. The van der Waals surface area contributed by atoms with Crippen LogP contribution in [0.2, 0.25) is 0 Å². The van der Waals surface area contributed by atoms with Crippen LogP contribution in [0.3, 0.4) is 0 Å². The zero-order chi connectivity index (χ0) is 12.4. The molecule has 0 atom stereocenters. The monoisotopic (exact) mass is 248 g/mol. The van der Waals surface area contributed by atoms with Gasteiger partial charge in [0.05, 0.1) is 0 Å². The maximum atomic E-state index is 11.9. The minimum Gasteiger partial charge on any atom is -0.399 e. The number of aromatic nitrogens is 2. The van der Waals surface area contributed by atoms with Gasteiger partial charge in [-0.05, 0) is 37.6 Å². The van der Waals surface area contributed by atoms with Crippen LogP contribution in [0.15, 0.2) is 18.2 Å². The van der Waals surface area contributed by atoms with Crippen molar-refractivity contribution in [3.05, 3.63) is 35.2 Å². The molecule has 17 heavy (non-hydrogen) atoms. The Labute approximate surface area is 103 Å². The number of nitrogen functional groups attached to an aromatic ring is 1. The highest BCUT2D eigenvalue weighted by Crippen LogP contribution is 2.15. The lowest BCUT2D eigenvalue weighted by molar-refractivity contribution is 0.102. The summed E-state index contributed by atoms with van der Waals surface area (Å²) in [6.45, 7) is 3.64. The molecule has 1 amide bonds. The Balaban J connectivity index is 2.17. The minimum absolute atomic E-state index is 0.204. The van der Waals surface area contributed by atoms with E-state index in [2.05, 4.69) is 14.7 Å². The number of hydrogen-bond donors (Lipinski definition) is 2. The lowest BCUT2D eigenvalue weighted by atomic mass is 10.1. The minimum atomic E-state index is -0.204. The van der Waals surface area contributed by atoms with Gasteiger partial charge in [-0.15, -0.1) is 0 Å². The summed E-state index contributed by atoms with van der Waals surface area (Å²) < 4.78 is 3.99. The number of nitrogens with one attached hydrogen (secondary N) is 1. The zero-order valence-corrected chi connectivity index (χ0v) is 10.3. The van der Waals surface area contributed by atoms with Crippen LogP contribution >= 0.6 is 11.5 Å². The summed E-state index contributed by atoms with van der Waals surface area (Å²) in [6.07, 6.45) is 0. The molecule has 88 valence electrons. The second-order valence-electron chi connectivity index (χ2n) is 3.67. The normalized spacial score (nSPS) is 10.2. The second kappa shape index (κ2) is 4.50. The van der Waals surface area contributed by atoms with E-state index in [0.717, 1.165) is 17.1 Å². The first-order valence-corrected chi connectivity index (χ1v) is 5.81. The van der Waals surface area contributed by atoms with E-state index >= 15 is 0 Å². The third kappa shape index (κ3) is 2.59. The van der Waals surface area contributed by atoms with Gasteiger partial charge in [0.25, 0.3) is 5.91 Å². The standard InChI is InChI=1S/C11H12N4OS/c1-6-5-8(3-4-9(6)12)10(16)14-11-13-7(2)15-17-11/h3-5H,12H2,1-2H3,(H,13,14,15,16). The van der Waals surface area contributed by atoms with Crippen LogP contribution in [0.5, 0.6) is 0 Å². The number of rotatable bonds is 2. The molecule has 0 saturated heterocycles. The smallest absolute Gasteiger partial charge is 0.257 e. The number of anilines is 2. The predicted molar refractivity (Wildman–Crippen MR) is 68.2 cm³/mol. The molecular weight excluding hydrogens is 236 g/mol. The van der Waals surface area contributed by atoms with Crippen LogP contribution in [0.4, 0.5) is 10.8 Å². The van der Waals surface area contributed by atoms with E-state index in [1.54, 1.807) is 25.1 Å². The summed E-state index contributed by atoms with van der Waals surface area (Å²) >= 11 is 1.16. The summed E-state index contributed by atoms with van der Waals surface area (Å²) in [4.78, 5) is 15.9. The zero-order valence-electron chi connectivity index (χ0n) is 9.52. The van der Waals surface area contributed by atoms with E-state index in [0.29, 0.717) is 22.2 Å². The van der Waals surface area contributed by atoms with Gasteiger partial charge in [0, 0.05) is 22.8 Å². The molecule has 2 aromatic rings. The second-order valence-corrected chi connectivity index (χ2v) is 4.42. The average Bonchev–Trinajstić information content (AvgIpc) is 2.68. The first-order chi connectivity index (χ1) is 8.06. The number of nitrogens with zero attached hydrogens (tertiary/aromatic N) is 2. The Morgan fingerprint density at radius 3 is 2.76 bits per heavy atom. The van der Waals surface area contributed by atoms with Crippen molar-refractivity contribution >= 4 is 28.3 Å². The molecule has 1 aromatic carbocycles.